The summed E-state index contributed by atoms with van der Waals surface area (Å²) in [4.78, 5) is 6.66. The topological polar surface area (TPSA) is 53.3 Å². The van der Waals surface area contributed by atoms with Crippen molar-refractivity contribution >= 4 is 23.0 Å². The molecule has 6 heteroatoms. The fourth-order valence-electron chi connectivity index (χ4n) is 4.76. The summed E-state index contributed by atoms with van der Waals surface area (Å²) in [5, 5.41) is 14.7. The van der Waals surface area contributed by atoms with Gasteiger partial charge >= 0.3 is 0 Å². The van der Waals surface area contributed by atoms with E-state index in [1.807, 2.05) is 47.5 Å². The number of rotatable bonds is 4. The van der Waals surface area contributed by atoms with E-state index < -0.39 is 0 Å². The van der Waals surface area contributed by atoms with Crippen LogP contribution in [0.1, 0.15) is 55.2 Å². The summed E-state index contributed by atoms with van der Waals surface area (Å²) in [6.45, 7) is 0. The SMILES string of the molecule is Oc1ccccc1N1C(=S)N[C@H](c2ccccn2)[C@H]1c1cccn1C1CCCC1. The average molecular weight is 405 g/mol. The highest BCUT2D eigenvalue weighted by atomic mass is 32.1. The first-order chi connectivity index (χ1) is 14.2. The van der Waals surface area contributed by atoms with E-state index in [1.54, 1.807) is 6.07 Å². The monoisotopic (exact) mass is 404 g/mol. The van der Waals surface area contributed by atoms with Gasteiger partial charge < -0.3 is 19.9 Å². The number of aromatic hydroxyl groups is 1. The van der Waals surface area contributed by atoms with Crippen LogP contribution >= 0.6 is 12.2 Å². The van der Waals surface area contributed by atoms with E-state index in [1.165, 1.54) is 31.4 Å². The van der Waals surface area contributed by atoms with E-state index >= 15 is 0 Å². The van der Waals surface area contributed by atoms with Crippen molar-refractivity contribution in [3.8, 4) is 5.75 Å². The van der Waals surface area contributed by atoms with Crippen molar-refractivity contribution in [3.63, 3.8) is 0 Å². The number of anilines is 1. The molecule has 1 aromatic carbocycles. The zero-order chi connectivity index (χ0) is 19.8. The number of aromatic nitrogens is 2. The zero-order valence-electron chi connectivity index (χ0n) is 16.1. The van der Waals surface area contributed by atoms with Crippen molar-refractivity contribution in [2.24, 2.45) is 0 Å². The van der Waals surface area contributed by atoms with Gasteiger partial charge in [0.15, 0.2) is 5.11 Å². The van der Waals surface area contributed by atoms with Gasteiger partial charge in [-0.25, -0.2) is 0 Å². The van der Waals surface area contributed by atoms with Crippen LogP contribution in [0.25, 0.3) is 0 Å². The molecule has 2 aliphatic rings. The maximum atomic E-state index is 10.6. The molecule has 148 valence electrons. The van der Waals surface area contributed by atoms with Gasteiger partial charge in [0, 0.05) is 24.1 Å². The summed E-state index contributed by atoms with van der Waals surface area (Å²) in [6, 6.07) is 18.0. The number of phenols is 1. The lowest BCUT2D eigenvalue weighted by Gasteiger charge is -2.30. The number of hydrogen-bond acceptors (Lipinski definition) is 3. The van der Waals surface area contributed by atoms with Gasteiger partial charge in [-0.2, -0.15) is 0 Å². The Morgan fingerprint density at radius 3 is 2.55 bits per heavy atom. The molecule has 2 atom stereocenters. The molecule has 2 N–H and O–H groups in total. The molecule has 0 radical (unpaired) electrons. The van der Waals surface area contributed by atoms with Crippen LogP contribution < -0.4 is 10.2 Å². The van der Waals surface area contributed by atoms with E-state index in [0.29, 0.717) is 16.8 Å². The molecule has 0 unspecified atom stereocenters. The van der Waals surface area contributed by atoms with Crippen LogP contribution in [-0.4, -0.2) is 19.8 Å². The minimum Gasteiger partial charge on any atom is -0.506 e. The summed E-state index contributed by atoms with van der Waals surface area (Å²) in [6.07, 6.45) is 8.96. The van der Waals surface area contributed by atoms with Crippen LogP contribution in [0.5, 0.6) is 5.75 Å². The second kappa shape index (κ2) is 7.52. The smallest absolute Gasteiger partial charge is 0.174 e. The van der Waals surface area contributed by atoms with Gasteiger partial charge in [-0.1, -0.05) is 31.0 Å². The number of para-hydroxylation sites is 2. The van der Waals surface area contributed by atoms with Crippen molar-refractivity contribution in [3.05, 3.63) is 78.4 Å². The Labute approximate surface area is 176 Å². The van der Waals surface area contributed by atoms with E-state index in [0.717, 1.165) is 5.69 Å². The van der Waals surface area contributed by atoms with Crippen molar-refractivity contribution in [2.75, 3.05) is 4.90 Å². The Morgan fingerprint density at radius 2 is 1.79 bits per heavy atom. The fraction of sp³-hybridized carbons (Fsp3) is 0.304. The first-order valence-electron chi connectivity index (χ1n) is 10.2. The molecule has 2 fully saturated rings. The maximum absolute atomic E-state index is 10.6. The molecule has 1 aliphatic heterocycles. The van der Waals surface area contributed by atoms with Crippen molar-refractivity contribution in [1.29, 1.82) is 0 Å². The highest BCUT2D eigenvalue weighted by molar-refractivity contribution is 7.80. The second-order valence-corrected chi connectivity index (χ2v) is 8.15. The summed E-state index contributed by atoms with van der Waals surface area (Å²) in [7, 11) is 0. The highest BCUT2D eigenvalue weighted by Gasteiger charge is 2.43. The molecule has 3 aromatic rings. The molecule has 1 saturated heterocycles. The van der Waals surface area contributed by atoms with E-state index in [2.05, 4.69) is 33.2 Å². The Balaban J connectivity index is 1.65. The number of nitrogens with zero attached hydrogens (tertiary/aromatic N) is 3. The Morgan fingerprint density at radius 1 is 1.00 bits per heavy atom. The number of pyridine rings is 1. The first kappa shape index (κ1) is 18.2. The van der Waals surface area contributed by atoms with Crippen LogP contribution in [0.2, 0.25) is 0 Å². The molecule has 0 spiro atoms. The molecule has 2 aromatic heterocycles. The second-order valence-electron chi connectivity index (χ2n) is 7.76. The molecule has 1 saturated carbocycles. The lowest BCUT2D eigenvalue weighted by Crippen LogP contribution is -2.30. The lowest BCUT2D eigenvalue weighted by atomic mass is 10.00. The molecular formula is C23H24N4OS. The molecule has 0 amide bonds. The van der Waals surface area contributed by atoms with Crippen LogP contribution in [-0.2, 0) is 0 Å². The lowest BCUT2D eigenvalue weighted by molar-refractivity contribution is 0.454. The molecular weight excluding hydrogens is 380 g/mol. The first-order valence-corrected chi connectivity index (χ1v) is 10.6. The van der Waals surface area contributed by atoms with Crippen molar-refractivity contribution in [1.82, 2.24) is 14.9 Å². The Bertz CT molecular complexity index is 1010. The minimum absolute atomic E-state index is 0.0960. The zero-order valence-corrected chi connectivity index (χ0v) is 16.9. The van der Waals surface area contributed by atoms with E-state index in [4.69, 9.17) is 12.2 Å². The Hall–Kier alpha value is -2.86. The van der Waals surface area contributed by atoms with Crippen LogP contribution in [0.3, 0.4) is 0 Å². The number of nitrogens with one attached hydrogen (secondary N) is 1. The third-order valence-corrected chi connectivity index (χ3v) is 6.39. The van der Waals surface area contributed by atoms with Crippen molar-refractivity contribution < 1.29 is 5.11 Å². The van der Waals surface area contributed by atoms with Crippen LogP contribution in [0, 0.1) is 0 Å². The summed E-state index contributed by atoms with van der Waals surface area (Å²) < 4.78 is 2.41. The van der Waals surface area contributed by atoms with Crippen LogP contribution in [0.15, 0.2) is 67.0 Å². The van der Waals surface area contributed by atoms with Gasteiger partial charge in [0.1, 0.15) is 11.8 Å². The fourth-order valence-corrected chi connectivity index (χ4v) is 5.09. The van der Waals surface area contributed by atoms with Gasteiger partial charge in [-0.05, 0) is 61.5 Å². The normalized spacial score (nSPS) is 22.2. The van der Waals surface area contributed by atoms with Crippen molar-refractivity contribution in [2.45, 2.75) is 43.8 Å². The van der Waals surface area contributed by atoms with Crippen LogP contribution in [0.4, 0.5) is 5.69 Å². The van der Waals surface area contributed by atoms with Gasteiger partial charge in [0.2, 0.25) is 0 Å². The number of phenolic OH excluding ortho intramolecular Hbond substituents is 1. The standard InChI is InChI=1S/C23H24N4OS/c28-20-13-4-3-11-18(20)27-22(19-12-7-15-26(19)16-8-1-2-9-16)21(25-23(27)29)17-10-5-6-14-24-17/h3-7,10-16,21-22,28H,1-2,8-9H2,(H,25,29)/t21-,22-/m1/s1. The molecule has 1 aliphatic carbocycles. The molecule has 5 nitrogen and oxygen atoms in total. The van der Waals surface area contributed by atoms with E-state index in [9.17, 15) is 5.11 Å². The third kappa shape index (κ3) is 3.17. The van der Waals surface area contributed by atoms with Gasteiger partial charge in [-0.15, -0.1) is 0 Å². The molecule has 29 heavy (non-hydrogen) atoms. The summed E-state index contributed by atoms with van der Waals surface area (Å²) >= 11 is 5.75. The molecule has 0 bridgehead atoms. The molecule has 3 heterocycles. The number of thiocarbonyl (C=S) groups is 1. The maximum Gasteiger partial charge on any atom is 0.174 e. The molecule has 5 rings (SSSR count). The predicted molar refractivity (Wildman–Crippen MR) is 118 cm³/mol. The van der Waals surface area contributed by atoms with E-state index in [-0.39, 0.29) is 17.8 Å². The quantitative estimate of drug-likeness (QED) is 0.607. The summed E-state index contributed by atoms with van der Waals surface area (Å²) in [5.74, 6) is 0.224. The van der Waals surface area contributed by atoms with Gasteiger partial charge in [-0.3, -0.25) is 4.98 Å². The number of hydrogen-bond donors (Lipinski definition) is 2. The minimum atomic E-state index is -0.0987. The predicted octanol–water partition coefficient (Wildman–Crippen LogP) is 4.88. The largest absolute Gasteiger partial charge is 0.506 e. The van der Waals surface area contributed by atoms with Gasteiger partial charge in [0.05, 0.1) is 17.4 Å². The summed E-state index contributed by atoms with van der Waals surface area (Å²) in [5.41, 5.74) is 2.85. The highest BCUT2D eigenvalue weighted by Crippen LogP contribution is 2.45. The number of benzene rings is 1. The van der Waals surface area contributed by atoms with Gasteiger partial charge in [0.25, 0.3) is 0 Å². The Kier molecular flexibility index (Phi) is 4.72. The third-order valence-electron chi connectivity index (χ3n) is 6.07. The average Bonchev–Trinajstić information content (AvgIpc) is 3.48.